The van der Waals surface area contributed by atoms with Gasteiger partial charge < -0.3 is 10.1 Å². The third-order valence-electron chi connectivity index (χ3n) is 3.99. The van der Waals surface area contributed by atoms with Gasteiger partial charge in [-0.1, -0.05) is 41.6 Å². The van der Waals surface area contributed by atoms with Crippen LogP contribution in [0, 0.1) is 11.3 Å². The molecule has 7 heteroatoms. The van der Waals surface area contributed by atoms with Crippen LogP contribution < -0.4 is 10.1 Å². The Balaban J connectivity index is 1.61. The number of nitrogens with zero attached hydrogens (tertiary/aromatic N) is 4. The molecule has 3 rings (SSSR count). The summed E-state index contributed by atoms with van der Waals surface area (Å²) in [6.45, 7) is 0.616. The van der Waals surface area contributed by atoms with Crippen LogP contribution in [0.4, 0.5) is 5.69 Å². The molecular formula is C22H19N5O2. The molecule has 0 atom stereocenters. The first-order valence-corrected chi connectivity index (χ1v) is 8.86. The van der Waals surface area contributed by atoms with E-state index in [-0.39, 0.29) is 5.57 Å². The van der Waals surface area contributed by atoms with Gasteiger partial charge in [0.05, 0.1) is 19.9 Å². The van der Waals surface area contributed by atoms with Crippen molar-refractivity contribution >= 4 is 17.7 Å². The van der Waals surface area contributed by atoms with Crippen molar-refractivity contribution in [2.45, 2.75) is 6.54 Å². The molecule has 0 fully saturated rings. The Kier molecular flexibility index (Phi) is 6.53. The largest absolute Gasteiger partial charge is 0.497 e. The van der Waals surface area contributed by atoms with Crippen molar-refractivity contribution in [1.29, 1.82) is 5.26 Å². The fraction of sp³-hybridized carbons (Fsp3) is 0.0909. The number of hydrogen-bond acceptors (Lipinski definition) is 5. The van der Waals surface area contributed by atoms with E-state index in [9.17, 15) is 10.1 Å². The molecule has 0 saturated carbocycles. The van der Waals surface area contributed by atoms with Crippen LogP contribution in [0.15, 0.2) is 78.5 Å². The molecule has 0 aliphatic carbocycles. The maximum Gasteiger partial charge on any atom is 0.266 e. The molecule has 3 aromatic rings. The molecular weight excluding hydrogens is 366 g/mol. The molecule has 0 saturated heterocycles. The highest BCUT2D eigenvalue weighted by atomic mass is 16.5. The zero-order valence-corrected chi connectivity index (χ0v) is 15.8. The summed E-state index contributed by atoms with van der Waals surface area (Å²) in [6.07, 6.45) is 6.52. The molecule has 7 nitrogen and oxygen atoms in total. The van der Waals surface area contributed by atoms with E-state index in [1.807, 2.05) is 36.4 Å². The fourth-order valence-electron chi connectivity index (χ4n) is 2.52. The Labute approximate surface area is 168 Å². The lowest BCUT2D eigenvalue weighted by atomic mass is 10.2. The number of hydrogen-bond donors (Lipinski definition) is 1. The monoisotopic (exact) mass is 385 g/mol. The molecule has 1 N–H and O–H groups in total. The normalized spacial score (nSPS) is 11.2. The number of nitriles is 1. The lowest BCUT2D eigenvalue weighted by Crippen LogP contribution is -2.13. The third kappa shape index (κ3) is 5.65. The number of carbonyl (C=O) groups excluding carboxylic acids is 1. The minimum Gasteiger partial charge on any atom is -0.497 e. The molecule has 1 aromatic heterocycles. The van der Waals surface area contributed by atoms with E-state index in [4.69, 9.17) is 4.74 Å². The van der Waals surface area contributed by atoms with Crippen LogP contribution in [0.2, 0.25) is 0 Å². The number of aromatic nitrogens is 3. The van der Waals surface area contributed by atoms with Gasteiger partial charge in [-0.15, -0.1) is 5.10 Å². The molecule has 0 unspecified atom stereocenters. The first-order chi connectivity index (χ1) is 14.2. The number of ether oxygens (including phenoxy) is 1. The summed E-state index contributed by atoms with van der Waals surface area (Å²) in [6, 6.07) is 18.7. The van der Waals surface area contributed by atoms with Crippen molar-refractivity contribution in [2.75, 3.05) is 12.4 Å². The van der Waals surface area contributed by atoms with Gasteiger partial charge in [0.1, 0.15) is 23.1 Å². The van der Waals surface area contributed by atoms with Gasteiger partial charge in [-0.25, -0.2) is 4.68 Å². The van der Waals surface area contributed by atoms with Crippen molar-refractivity contribution in [3.05, 3.63) is 89.8 Å². The minimum atomic E-state index is -0.491. The molecule has 1 amide bonds. The summed E-state index contributed by atoms with van der Waals surface area (Å²) >= 11 is 0. The second-order valence-electron chi connectivity index (χ2n) is 6.06. The van der Waals surface area contributed by atoms with Crippen LogP contribution in [0.3, 0.4) is 0 Å². The molecule has 29 heavy (non-hydrogen) atoms. The SMILES string of the molecule is COc1ccc(NC(=O)/C(C#N)=C/C=C/c2cn(Cc3ccccc3)nn2)cc1. The number of anilines is 1. The number of nitrogens with one attached hydrogen (secondary N) is 1. The van der Waals surface area contributed by atoms with Gasteiger partial charge in [-0.2, -0.15) is 5.26 Å². The number of carbonyl (C=O) groups is 1. The predicted octanol–water partition coefficient (Wildman–Crippen LogP) is 3.44. The van der Waals surface area contributed by atoms with Crippen LogP contribution in [-0.2, 0) is 11.3 Å². The second kappa shape index (κ2) is 9.67. The van der Waals surface area contributed by atoms with Crippen LogP contribution >= 0.6 is 0 Å². The predicted molar refractivity (Wildman–Crippen MR) is 110 cm³/mol. The minimum absolute atomic E-state index is 0.0197. The molecule has 0 aliphatic rings. The van der Waals surface area contributed by atoms with Crippen molar-refractivity contribution in [1.82, 2.24) is 15.0 Å². The van der Waals surface area contributed by atoms with Crippen LogP contribution in [0.25, 0.3) is 6.08 Å². The summed E-state index contributed by atoms with van der Waals surface area (Å²) in [5, 5.41) is 20.1. The standard InChI is InChI=1S/C22H19N5O2/c1-29-21-12-10-19(11-13-21)24-22(28)18(14-23)8-5-9-20-16-27(26-25-20)15-17-6-3-2-4-7-17/h2-13,16H,15H2,1H3,(H,24,28)/b9-5+,18-8+. The van der Waals surface area contributed by atoms with E-state index in [1.165, 1.54) is 6.08 Å². The number of allylic oxidation sites excluding steroid dienone is 2. The Bertz CT molecular complexity index is 1060. The maximum absolute atomic E-state index is 12.2. The number of amides is 1. The van der Waals surface area contributed by atoms with Crippen molar-refractivity contribution < 1.29 is 9.53 Å². The van der Waals surface area contributed by atoms with Crippen LogP contribution in [-0.4, -0.2) is 28.0 Å². The van der Waals surface area contributed by atoms with E-state index < -0.39 is 5.91 Å². The highest BCUT2D eigenvalue weighted by Gasteiger charge is 2.08. The van der Waals surface area contributed by atoms with E-state index in [0.29, 0.717) is 23.7 Å². The van der Waals surface area contributed by atoms with Gasteiger partial charge in [0, 0.05) is 5.69 Å². The maximum atomic E-state index is 12.2. The Morgan fingerprint density at radius 3 is 2.66 bits per heavy atom. The quantitative estimate of drug-likeness (QED) is 0.382. The lowest BCUT2D eigenvalue weighted by Gasteiger charge is -2.05. The average Bonchev–Trinajstić information content (AvgIpc) is 3.19. The van der Waals surface area contributed by atoms with Gasteiger partial charge in [0.2, 0.25) is 0 Å². The molecule has 1 heterocycles. The van der Waals surface area contributed by atoms with Gasteiger partial charge in [0.25, 0.3) is 5.91 Å². The van der Waals surface area contributed by atoms with E-state index >= 15 is 0 Å². The smallest absolute Gasteiger partial charge is 0.266 e. The van der Waals surface area contributed by atoms with Crippen molar-refractivity contribution in [2.24, 2.45) is 0 Å². The Hall–Kier alpha value is -4.18. The summed E-state index contributed by atoms with van der Waals surface area (Å²) in [7, 11) is 1.57. The summed E-state index contributed by atoms with van der Waals surface area (Å²) < 4.78 is 6.80. The van der Waals surface area contributed by atoms with Gasteiger partial charge in [-0.3, -0.25) is 4.79 Å². The second-order valence-corrected chi connectivity index (χ2v) is 6.06. The third-order valence-corrected chi connectivity index (χ3v) is 3.99. The van der Waals surface area contributed by atoms with Crippen LogP contribution in [0.5, 0.6) is 5.75 Å². The highest BCUT2D eigenvalue weighted by Crippen LogP contribution is 2.15. The first kappa shape index (κ1) is 19.6. The molecule has 0 aliphatic heterocycles. The van der Waals surface area contributed by atoms with Gasteiger partial charge in [0.15, 0.2) is 0 Å². The number of benzene rings is 2. The topological polar surface area (TPSA) is 92.8 Å². The molecule has 0 bridgehead atoms. The Morgan fingerprint density at radius 2 is 1.97 bits per heavy atom. The van der Waals surface area contributed by atoms with Crippen molar-refractivity contribution in [3.63, 3.8) is 0 Å². The average molecular weight is 385 g/mol. The molecule has 2 aromatic carbocycles. The van der Waals surface area contributed by atoms with Crippen molar-refractivity contribution in [3.8, 4) is 11.8 Å². The highest BCUT2D eigenvalue weighted by molar-refractivity contribution is 6.06. The molecule has 0 radical (unpaired) electrons. The summed E-state index contributed by atoms with van der Waals surface area (Å²) in [5.41, 5.74) is 2.30. The van der Waals surface area contributed by atoms with Crippen LogP contribution in [0.1, 0.15) is 11.3 Å². The molecule has 144 valence electrons. The van der Waals surface area contributed by atoms with Gasteiger partial charge >= 0.3 is 0 Å². The zero-order valence-electron chi connectivity index (χ0n) is 15.8. The lowest BCUT2D eigenvalue weighted by molar-refractivity contribution is -0.112. The van der Waals surface area contributed by atoms with E-state index in [1.54, 1.807) is 54.4 Å². The summed E-state index contributed by atoms with van der Waals surface area (Å²) in [5.74, 6) is 0.192. The zero-order chi connectivity index (χ0) is 20.5. The van der Waals surface area contributed by atoms with E-state index in [0.717, 1.165) is 5.56 Å². The number of rotatable bonds is 7. The molecule has 0 spiro atoms. The fourth-order valence-corrected chi connectivity index (χ4v) is 2.52. The number of methoxy groups -OCH3 is 1. The first-order valence-electron chi connectivity index (χ1n) is 8.86. The summed E-state index contributed by atoms with van der Waals surface area (Å²) in [4.78, 5) is 12.2. The Morgan fingerprint density at radius 1 is 1.21 bits per heavy atom. The van der Waals surface area contributed by atoms with Gasteiger partial charge in [-0.05, 0) is 42.0 Å². The van der Waals surface area contributed by atoms with E-state index in [2.05, 4.69) is 15.6 Å².